The second kappa shape index (κ2) is 4.34. The van der Waals surface area contributed by atoms with Crippen LogP contribution >= 0.6 is 23.2 Å². The van der Waals surface area contributed by atoms with E-state index >= 15 is 0 Å². The number of phenolic OH excluding ortho intramolecular Hbond substituents is 1. The summed E-state index contributed by atoms with van der Waals surface area (Å²) in [5.41, 5.74) is 5.78. The van der Waals surface area contributed by atoms with Crippen LogP contribution in [-0.4, -0.2) is 11.7 Å². The number of nitrogens with two attached hydrogens (primary N) is 1. The van der Waals surface area contributed by atoms with Gasteiger partial charge in [0.25, 0.3) is 0 Å². The van der Waals surface area contributed by atoms with Gasteiger partial charge in [0.1, 0.15) is 16.6 Å². The second-order valence-electron chi connectivity index (χ2n) is 3.06. The molecular formula is C9H10Cl2FNO. The molecule has 0 heterocycles. The van der Waals surface area contributed by atoms with Crippen molar-refractivity contribution in [2.45, 2.75) is 12.8 Å². The van der Waals surface area contributed by atoms with Crippen LogP contribution in [0.2, 0.25) is 10.0 Å². The van der Waals surface area contributed by atoms with Crippen LogP contribution in [0.4, 0.5) is 4.39 Å². The molecule has 0 amide bonds. The highest BCUT2D eigenvalue weighted by atomic mass is 35.5. The zero-order valence-electron chi connectivity index (χ0n) is 7.52. The Morgan fingerprint density at radius 2 is 2.07 bits per heavy atom. The SMILES string of the molecule is CC(CN)c1cc(F)c(Cl)c(Cl)c1O. The first-order chi connectivity index (χ1) is 6.49. The molecule has 1 rings (SSSR count). The van der Waals surface area contributed by atoms with Gasteiger partial charge in [-0.05, 0) is 18.5 Å². The first-order valence-electron chi connectivity index (χ1n) is 4.05. The van der Waals surface area contributed by atoms with Gasteiger partial charge in [-0.1, -0.05) is 30.1 Å². The van der Waals surface area contributed by atoms with Gasteiger partial charge < -0.3 is 10.8 Å². The standard InChI is InChI=1S/C9H10Cl2FNO/c1-4(3-13)5-2-6(12)7(10)8(11)9(5)14/h2,4,14H,3,13H2,1H3. The van der Waals surface area contributed by atoms with Gasteiger partial charge in [0, 0.05) is 5.56 Å². The normalized spacial score (nSPS) is 12.9. The van der Waals surface area contributed by atoms with Crippen molar-refractivity contribution in [2.24, 2.45) is 5.73 Å². The van der Waals surface area contributed by atoms with E-state index in [1.54, 1.807) is 6.92 Å². The molecule has 0 bridgehead atoms. The molecular weight excluding hydrogens is 228 g/mol. The molecule has 1 atom stereocenters. The molecule has 0 radical (unpaired) electrons. The van der Waals surface area contributed by atoms with E-state index in [0.717, 1.165) is 6.07 Å². The van der Waals surface area contributed by atoms with Crippen molar-refractivity contribution in [2.75, 3.05) is 6.54 Å². The Hall–Kier alpha value is -0.510. The van der Waals surface area contributed by atoms with Crippen LogP contribution in [0.1, 0.15) is 18.4 Å². The lowest BCUT2D eigenvalue weighted by Gasteiger charge is -2.13. The second-order valence-corrected chi connectivity index (χ2v) is 3.82. The van der Waals surface area contributed by atoms with Crippen molar-refractivity contribution in [1.82, 2.24) is 0 Å². The van der Waals surface area contributed by atoms with Crippen LogP contribution in [0, 0.1) is 5.82 Å². The molecule has 14 heavy (non-hydrogen) atoms. The number of phenols is 1. The summed E-state index contributed by atoms with van der Waals surface area (Å²) in [4.78, 5) is 0. The smallest absolute Gasteiger partial charge is 0.143 e. The highest BCUT2D eigenvalue weighted by Crippen LogP contribution is 2.39. The Morgan fingerprint density at radius 1 is 1.50 bits per heavy atom. The van der Waals surface area contributed by atoms with Crippen LogP contribution in [0.5, 0.6) is 5.75 Å². The Balaban J connectivity index is 3.33. The van der Waals surface area contributed by atoms with Gasteiger partial charge in [0.2, 0.25) is 0 Å². The summed E-state index contributed by atoms with van der Waals surface area (Å²) in [7, 11) is 0. The molecule has 0 aromatic heterocycles. The first-order valence-corrected chi connectivity index (χ1v) is 4.81. The molecule has 1 aromatic rings. The summed E-state index contributed by atoms with van der Waals surface area (Å²) in [6.07, 6.45) is 0. The maximum Gasteiger partial charge on any atom is 0.143 e. The third kappa shape index (κ3) is 1.95. The maximum atomic E-state index is 13.1. The fourth-order valence-electron chi connectivity index (χ4n) is 1.11. The summed E-state index contributed by atoms with van der Waals surface area (Å²) in [6.45, 7) is 2.06. The Labute approximate surface area is 91.4 Å². The van der Waals surface area contributed by atoms with Crippen LogP contribution in [0.3, 0.4) is 0 Å². The van der Waals surface area contributed by atoms with Crippen molar-refractivity contribution in [3.63, 3.8) is 0 Å². The summed E-state index contributed by atoms with van der Waals surface area (Å²) >= 11 is 11.1. The molecule has 0 aliphatic carbocycles. The van der Waals surface area contributed by atoms with Gasteiger partial charge in [-0.3, -0.25) is 0 Å². The molecule has 0 saturated carbocycles. The van der Waals surface area contributed by atoms with E-state index in [1.165, 1.54) is 0 Å². The molecule has 0 aliphatic rings. The summed E-state index contributed by atoms with van der Waals surface area (Å²) in [5.74, 6) is -1.01. The van der Waals surface area contributed by atoms with E-state index in [4.69, 9.17) is 28.9 Å². The highest BCUT2D eigenvalue weighted by Gasteiger charge is 2.18. The molecule has 0 aliphatic heterocycles. The van der Waals surface area contributed by atoms with E-state index < -0.39 is 5.82 Å². The predicted octanol–water partition coefficient (Wildman–Crippen LogP) is 2.90. The molecule has 2 nitrogen and oxygen atoms in total. The average molecular weight is 238 g/mol. The summed E-state index contributed by atoms with van der Waals surface area (Å²) < 4.78 is 13.1. The molecule has 1 unspecified atom stereocenters. The number of hydrogen-bond acceptors (Lipinski definition) is 2. The van der Waals surface area contributed by atoms with Gasteiger partial charge in [-0.15, -0.1) is 0 Å². The van der Waals surface area contributed by atoms with Crippen LogP contribution in [0.25, 0.3) is 0 Å². The monoisotopic (exact) mass is 237 g/mol. The number of hydrogen-bond donors (Lipinski definition) is 2. The lowest BCUT2D eigenvalue weighted by molar-refractivity contribution is 0.460. The molecule has 0 fully saturated rings. The first kappa shape index (κ1) is 11.6. The zero-order valence-corrected chi connectivity index (χ0v) is 9.03. The van der Waals surface area contributed by atoms with Crippen LogP contribution in [0.15, 0.2) is 6.07 Å². The summed E-state index contributed by atoms with van der Waals surface area (Å²) in [6, 6.07) is 1.15. The van der Waals surface area contributed by atoms with E-state index in [9.17, 15) is 9.50 Å². The van der Waals surface area contributed by atoms with Crippen molar-refractivity contribution in [3.8, 4) is 5.75 Å². The van der Waals surface area contributed by atoms with Gasteiger partial charge in [-0.2, -0.15) is 0 Å². The minimum Gasteiger partial charge on any atom is -0.506 e. The van der Waals surface area contributed by atoms with Crippen molar-refractivity contribution >= 4 is 23.2 Å². The number of rotatable bonds is 2. The Morgan fingerprint density at radius 3 is 2.57 bits per heavy atom. The fourth-order valence-corrected chi connectivity index (χ4v) is 1.45. The Bertz CT molecular complexity index is 357. The number of halogens is 3. The Kier molecular flexibility index (Phi) is 3.59. The van der Waals surface area contributed by atoms with E-state index in [2.05, 4.69) is 0 Å². The molecule has 0 saturated heterocycles. The van der Waals surface area contributed by atoms with Crippen molar-refractivity contribution in [1.29, 1.82) is 0 Å². The lowest BCUT2D eigenvalue weighted by atomic mass is 10.0. The van der Waals surface area contributed by atoms with Crippen LogP contribution in [-0.2, 0) is 0 Å². The predicted molar refractivity (Wildman–Crippen MR) is 55.6 cm³/mol. The molecule has 1 aromatic carbocycles. The summed E-state index contributed by atoms with van der Waals surface area (Å²) in [5, 5.41) is 9.13. The average Bonchev–Trinajstić information content (AvgIpc) is 2.19. The minimum absolute atomic E-state index is 0.165. The topological polar surface area (TPSA) is 46.2 Å². The quantitative estimate of drug-likeness (QED) is 0.778. The maximum absolute atomic E-state index is 13.1. The van der Waals surface area contributed by atoms with Crippen molar-refractivity contribution < 1.29 is 9.50 Å². The molecule has 3 N–H and O–H groups in total. The van der Waals surface area contributed by atoms with E-state index in [-0.39, 0.29) is 21.7 Å². The third-order valence-corrected chi connectivity index (χ3v) is 2.88. The van der Waals surface area contributed by atoms with Gasteiger partial charge in [-0.25, -0.2) is 4.39 Å². The largest absolute Gasteiger partial charge is 0.506 e. The molecule has 0 spiro atoms. The lowest BCUT2D eigenvalue weighted by Crippen LogP contribution is -2.09. The highest BCUT2D eigenvalue weighted by molar-refractivity contribution is 6.43. The van der Waals surface area contributed by atoms with E-state index in [0.29, 0.717) is 12.1 Å². The van der Waals surface area contributed by atoms with Gasteiger partial charge in [0.05, 0.1) is 5.02 Å². The van der Waals surface area contributed by atoms with Crippen molar-refractivity contribution in [3.05, 3.63) is 27.5 Å². The van der Waals surface area contributed by atoms with E-state index in [1.807, 2.05) is 0 Å². The zero-order chi connectivity index (χ0) is 10.9. The third-order valence-electron chi connectivity index (χ3n) is 2.05. The minimum atomic E-state index is -0.648. The van der Waals surface area contributed by atoms with Gasteiger partial charge >= 0.3 is 0 Å². The van der Waals surface area contributed by atoms with Gasteiger partial charge in [0.15, 0.2) is 0 Å². The van der Waals surface area contributed by atoms with Crippen LogP contribution < -0.4 is 5.73 Å². The molecule has 5 heteroatoms. The fraction of sp³-hybridized carbons (Fsp3) is 0.333. The molecule has 78 valence electrons. The number of benzene rings is 1. The number of aromatic hydroxyl groups is 1.